The van der Waals surface area contributed by atoms with E-state index in [-0.39, 0.29) is 12.0 Å². The lowest BCUT2D eigenvalue weighted by Crippen LogP contribution is -2.25. The quantitative estimate of drug-likeness (QED) is 0.839. The fraction of sp³-hybridized carbons (Fsp3) is 0.400. The van der Waals surface area contributed by atoms with Gasteiger partial charge in [-0.1, -0.05) is 6.07 Å². The highest BCUT2D eigenvalue weighted by Gasteiger charge is 2.20. The van der Waals surface area contributed by atoms with Crippen LogP contribution in [0.1, 0.15) is 31.9 Å². The fourth-order valence-corrected chi connectivity index (χ4v) is 2.08. The van der Waals surface area contributed by atoms with Crippen LogP contribution in [0.25, 0.3) is 6.08 Å². The zero-order valence-corrected chi connectivity index (χ0v) is 11.8. The number of rotatable bonds is 3. The fourth-order valence-electron chi connectivity index (χ4n) is 2.08. The van der Waals surface area contributed by atoms with Crippen LogP contribution in [0, 0.1) is 0 Å². The summed E-state index contributed by atoms with van der Waals surface area (Å²) in [6.07, 6.45) is 3.76. The Labute approximate surface area is 113 Å². The van der Waals surface area contributed by atoms with Crippen LogP contribution in [0.15, 0.2) is 18.3 Å². The van der Waals surface area contributed by atoms with Gasteiger partial charge >= 0.3 is 0 Å². The second-order valence-electron chi connectivity index (χ2n) is 4.80. The number of benzene rings is 1. The number of amides is 1. The summed E-state index contributed by atoms with van der Waals surface area (Å²) in [5.41, 5.74) is 2.06. The van der Waals surface area contributed by atoms with E-state index in [1.54, 1.807) is 25.1 Å². The van der Waals surface area contributed by atoms with Crippen molar-refractivity contribution < 1.29 is 14.3 Å². The SMILES string of the molecule is COc1ccc2c(c1OC(C)C)C=CN(C(C)=O)C2. The summed E-state index contributed by atoms with van der Waals surface area (Å²) in [5, 5.41) is 0. The molecule has 1 aliphatic rings. The Balaban J connectivity index is 2.44. The maximum Gasteiger partial charge on any atom is 0.223 e. The summed E-state index contributed by atoms with van der Waals surface area (Å²) >= 11 is 0. The number of ether oxygens (including phenoxy) is 2. The molecule has 2 rings (SSSR count). The van der Waals surface area contributed by atoms with E-state index in [1.807, 2.05) is 32.1 Å². The van der Waals surface area contributed by atoms with Gasteiger partial charge in [0.1, 0.15) is 0 Å². The third kappa shape index (κ3) is 2.72. The summed E-state index contributed by atoms with van der Waals surface area (Å²) in [7, 11) is 1.63. The molecule has 102 valence electrons. The van der Waals surface area contributed by atoms with E-state index in [9.17, 15) is 4.79 Å². The van der Waals surface area contributed by atoms with Crippen LogP contribution in [0.4, 0.5) is 0 Å². The first kappa shape index (κ1) is 13.5. The van der Waals surface area contributed by atoms with E-state index in [4.69, 9.17) is 9.47 Å². The number of nitrogens with zero attached hydrogens (tertiary/aromatic N) is 1. The molecule has 0 fully saturated rings. The standard InChI is InChI=1S/C15H19NO3/c1-10(2)19-15-13-7-8-16(11(3)17)9-12(13)5-6-14(15)18-4/h5-8,10H,9H2,1-4H3. The molecule has 0 bridgehead atoms. The van der Waals surface area contributed by atoms with Crippen molar-refractivity contribution in [3.63, 3.8) is 0 Å². The van der Waals surface area contributed by atoms with Gasteiger partial charge in [-0.15, -0.1) is 0 Å². The molecule has 19 heavy (non-hydrogen) atoms. The van der Waals surface area contributed by atoms with Crippen LogP contribution < -0.4 is 9.47 Å². The van der Waals surface area contributed by atoms with Crippen LogP contribution in [0.2, 0.25) is 0 Å². The number of methoxy groups -OCH3 is 1. The average molecular weight is 261 g/mol. The third-order valence-corrected chi connectivity index (χ3v) is 2.99. The molecule has 1 aromatic rings. The monoisotopic (exact) mass is 261 g/mol. The van der Waals surface area contributed by atoms with Gasteiger partial charge in [-0.25, -0.2) is 0 Å². The molecule has 0 aliphatic carbocycles. The summed E-state index contributed by atoms with van der Waals surface area (Å²) in [5.74, 6) is 1.49. The molecule has 0 atom stereocenters. The van der Waals surface area contributed by atoms with Gasteiger partial charge in [0.2, 0.25) is 5.91 Å². The zero-order chi connectivity index (χ0) is 14.0. The van der Waals surface area contributed by atoms with Crippen molar-refractivity contribution in [1.29, 1.82) is 0 Å². The number of carbonyl (C=O) groups excluding carboxylic acids is 1. The van der Waals surface area contributed by atoms with Crippen LogP contribution in [0.3, 0.4) is 0 Å². The molecule has 0 spiro atoms. The van der Waals surface area contributed by atoms with Crippen molar-refractivity contribution in [3.05, 3.63) is 29.5 Å². The highest BCUT2D eigenvalue weighted by atomic mass is 16.5. The van der Waals surface area contributed by atoms with Crippen molar-refractivity contribution in [2.24, 2.45) is 0 Å². The average Bonchev–Trinajstić information content (AvgIpc) is 2.37. The summed E-state index contributed by atoms with van der Waals surface area (Å²) in [6.45, 7) is 6.09. The maximum atomic E-state index is 11.4. The largest absolute Gasteiger partial charge is 0.493 e. The Kier molecular flexibility index (Phi) is 3.79. The van der Waals surface area contributed by atoms with E-state index in [1.165, 1.54) is 0 Å². The zero-order valence-electron chi connectivity index (χ0n) is 11.8. The highest BCUT2D eigenvalue weighted by molar-refractivity contribution is 5.78. The van der Waals surface area contributed by atoms with E-state index < -0.39 is 0 Å². The normalized spacial score (nSPS) is 13.4. The Hall–Kier alpha value is -1.97. The first-order valence-electron chi connectivity index (χ1n) is 6.35. The van der Waals surface area contributed by atoms with Gasteiger partial charge in [0.05, 0.1) is 19.8 Å². The van der Waals surface area contributed by atoms with Gasteiger partial charge in [0.25, 0.3) is 0 Å². The van der Waals surface area contributed by atoms with E-state index >= 15 is 0 Å². The van der Waals surface area contributed by atoms with Gasteiger partial charge in [-0.3, -0.25) is 4.79 Å². The first-order chi connectivity index (χ1) is 9.02. The molecule has 0 saturated carbocycles. The molecule has 1 aliphatic heterocycles. The van der Waals surface area contributed by atoms with Crippen LogP contribution in [-0.2, 0) is 11.3 Å². The Bertz CT molecular complexity index is 520. The molecule has 0 radical (unpaired) electrons. The number of carbonyl (C=O) groups is 1. The van der Waals surface area contributed by atoms with Crippen molar-refractivity contribution in [2.45, 2.75) is 33.4 Å². The molecule has 4 nitrogen and oxygen atoms in total. The van der Waals surface area contributed by atoms with E-state index in [2.05, 4.69) is 0 Å². The van der Waals surface area contributed by atoms with Gasteiger partial charge in [-0.05, 0) is 31.6 Å². The topological polar surface area (TPSA) is 38.8 Å². The maximum absolute atomic E-state index is 11.4. The smallest absolute Gasteiger partial charge is 0.223 e. The van der Waals surface area contributed by atoms with Crippen LogP contribution >= 0.6 is 0 Å². The molecule has 1 aromatic carbocycles. The minimum atomic E-state index is 0.0315. The third-order valence-electron chi connectivity index (χ3n) is 2.99. The summed E-state index contributed by atoms with van der Waals surface area (Å²) in [4.78, 5) is 13.1. The van der Waals surface area contributed by atoms with Crippen molar-refractivity contribution in [3.8, 4) is 11.5 Å². The molecule has 0 saturated heterocycles. The number of fused-ring (bicyclic) bond motifs is 1. The first-order valence-corrected chi connectivity index (χ1v) is 6.35. The second-order valence-corrected chi connectivity index (χ2v) is 4.80. The number of hydrogen-bond acceptors (Lipinski definition) is 3. The van der Waals surface area contributed by atoms with Crippen molar-refractivity contribution in [1.82, 2.24) is 4.90 Å². The lowest BCUT2D eigenvalue weighted by atomic mass is 10.0. The van der Waals surface area contributed by atoms with Crippen LogP contribution in [-0.4, -0.2) is 24.0 Å². The molecular formula is C15H19NO3. The predicted octanol–water partition coefficient (Wildman–Crippen LogP) is 2.82. The Morgan fingerprint density at radius 3 is 2.68 bits per heavy atom. The molecule has 0 aromatic heterocycles. The van der Waals surface area contributed by atoms with Gasteiger partial charge in [0.15, 0.2) is 11.5 Å². The van der Waals surface area contributed by atoms with Crippen LogP contribution in [0.5, 0.6) is 11.5 Å². The lowest BCUT2D eigenvalue weighted by molar-refractivity contribution is -0.126. The lowest BCUT2D eigenvalue weighted by Gasteiger charge is -2.25. The molecule has 0 N–H and O–H groups in total. The summed E-state index contributed by atoms with van der Waals surface area (Å²) in [6, 6.07) is 3.86. The van der Waals surface area contributed by atoms with Gasteiger partial charge in [0, 0.05) is 18.7 Å². The minimum absolute atomic E-state index is 0.0315. The van der Waals surface area contributed by atoms with E-state index in [0.717, 1.165) is 16.9 Å². The van der Waals surface area contributed by atoms with Gasteiger partial charge in [-0.2, -0.15) is 0 Å². The Morgan fingerprint density at radius 1 is 1.37 bits per heavy atom. The van der Waals surface area contributed by atoms with Crippen molar-refractivity contribution in [2.75, 3.05) is 7.11 Å². The molecular weight excluding hydrogens is 242 g/mol. The predicted molar refractivity (Wildman–Crippen MR) is 74.0 cm³/mol. The molecule has 4 heteroatoms. The molecule has 1 heterocycles. The Morgan fingerprint density at radius 2 is 2.11 bits per heavy atom. The molecule has 0 unspecified atom stereocenters. The van der Waals surface area contributed by atoms with Crippen molar-refractivity contribution >= 4 is 12.0 Å². The van der Waals surface area contributed by atoms with E-state index in [0.29, 0.717) is 12.3 Å². The van der Waals surface area contributed by atoms with Gasteiger partial charge < -0.3 is 14.4 Å². The summed E-state index contributed by atoms with van der Waals surface area (Å²) < 4.78 is 11.2. The molecule has 1 amide bonds. The number of hydrogen-bond donors (Lipinski definition) is 0. The highest BCUT2D eigenvalue weighted by Crippen LogP contribution is 2.37. The second kappa shape index (κ2) is 5.34. The minimum Gasteiger partial charge on any atom is -0.493 e.